The molecule has 0 aliphatic rings. The van der Waals surface area contributed by atoms with Gasteiger partial charge in [0.2, 0.25) is 0 Å². The molecule has 0 radical (unpaired) electrons. The standard InChI is InChI=1S/C13H17F2NO3/c1-2-4-10(17)8-16-12(18)9-5-3-6-11(7-9)19-13(14)15/h3,5-7,10,13,17H,2,4,8H2,1H3,(H,16,18). The average Bonchev–Trinajstić information content (AvgIpc) is 2.36. The maximum Gasteiger partial charge on any atom is 0.387 e. The van der Waals surface area contributed by atoms with Crippen LogP contribution < -0.4 is 10.1 Å². The van der Waals surface area contributed by atoms with Crippen LogP contribution in [0.15, 0.2) is 24.3 Å². The Kier molecular flexibility index (Phi) is 6.21. The van der Waals surface area contributed by atoms with Crippen LogP contribution in [0.2, 0.25) is 0 Å². The van der Waals surface area contributed by atoms with Crippen LogP contribution in [-0.4, -0.2) is 30.3 Å². The summed E-state index contributed by atoms with van der Waals surface area (Å²) in [5.74, 6) is -0.508. The number of amides is 1. The van der Waals surface area contributed by atoms with Crippen LogP contribution in [0.5, 0.6) is 5.75 Å². The number of alkyl halides is 2. The van der Waals surface area contributed by atoms with E-state index in [1.165, 1.54) is 24.3 Å². The summed E-state index contributed by atoms with van der Waals surface area (Å²) in [6, 6.07) is 5.51. The molecule has 0 saturated heterocycles. The molecule has 0 bridgehead atoms. The molecule has 0 aromatic heterocycles. The zero-order chi connectivity index (χ0) is 14.3. The van der Waals surface area contributed by atoms with E-state index in [4.69, 9.17) is 0 Å². The molecule has 2 N–H and O–H groups in total. The van der Waals surface area contributed by atoms with E-state index in [0.717, 1.165) is 6.42 Å². The minimum atomic E-state index is -2.93. The summed E-state index contributed by atoms with van der Waals surface area (Å²) in [7, 11) is 0. The lowest BCUT2D eigenvalue weighted by Crippen LogP contribution is -2.32. The van der Waals surface area contributed by atoms with Gasteiger partial charge in [-0.05, 0) is 24.6 Å². The maximum atomic E-state index is 12.0. The van der Waals surface area contributed by atoms with Gasteiger partial charge in [0, 0.05) is 12.1 Å². The van der Waals surface area contributed by atoms with Crippen LogP contribution in [-0.2, 0) is 0 Å². The average molecular weight is 273 g/mol. The van der Waals surface area contributed by atoms with Gasteiger partial charge in [-0.1, -0.05) is 19.4 Å². The van der Waals surface area contributed by atoms with Crippen LogP contribution >= 0.6 is 0 Å². The van der Waals surface area contributed by atoms with E-state index in [0.29, 0.717) is 6.42 Å². The van der Waals surface area contributed by atoms with Gasteiger partial charge >= 0.3 is 6.61 Å². The van der Waals surface area contributed by atoms with E-state index in [2.05, 4.69) is 10.1 Å². The Labute approximate surface area is 110 Å². The molecule has 6 heteroatoms. The highest BCUT2D eigenvalue weighted by atomic mass is 19.3. The molecule has 0 heterocycles. The number of rotatable bonds is 7. The second-order valence-electron chi connectivity index (χ2n) is 4.06. The van der Waals surface area contributed by atoms with E-state index in [1.807, 2.05) is 6.92 Å². The van der Waals surface area contributed by atoms with Gasteiger partial charge in [0.1, 0.15) is 5.75 Å². The molecule has 1 amide bonds. The number of carbonyl (C=O) groups is 1. The molecule has 0 aliphatic heterocycles. The molecule has 4 nitrogen and oxygen atoms in total. The van der Waals surface area contributed by atoms with Crippen molar-refractivity contribution in [3.05, 3.63) is 29.8 Å². The van der Waals surface area contributed by atoms with Crippen LogP contribution in [0.3, 0.4) is 0 Å². The Morgan fingerprint density at radius 3 is 2.84 bits per heavy atom. The summed E-state index contributed by atoms with van der Waals surface area (Å²) < 4.78 is 28.3. The Bertz CT molecular complexity index is 413. The number of benzene rings is 1. The van der Waals surface area contributed by atoms with Crippen molar-refractivity contribution >= 4 is 5.91 Å². The number of aliphatic hydroxyl groups is 1. The number of halogens is 2. The van der Waals surface area contributed by atoms with E-state index < -0.39 is 18.6 Å². The number of hydrogen-bond acceptors (Lipinski definition) is 3. The van der Waals surface area contributed by atoms with Crippen LogP contribution in [0, 0.1) is 0 Å². The molecule has 1 rings (SSSR count). The number of aliphatic hydroxyl groups excluding tert-OH is 1. The smallest absolute Gasteiger partial charge is 0.387 e. The van der Waals surface area contributed by atoms with Crippen molar-refractivity contribution in [1.29, 1.82) is 0 Å². The van der Waals surface area contributed by atoms with Crippen molar-refractivity contribution in [2.75, 3.05) is 6.54 Å². The predicted molar refractivity (Wildman–Crippen MR) is 66.3 cm³/mol. The number of nitrogens with one attached hydrogen (secondary N) is 1. The fourth-order valence-electron chi connectivity index (χ4n) is 1.56. The van der Waals surface area contributed by atoms with Crippen molar-refractivity contribution in [3.63, 3.8) is 0 Å². The zero-order valence-corrected chi connectivity index (χ0v) is 10.6. The molecular weight excluding hydrogens is 256 g/mol. The quantitative estimate of drug-likeness (QED) is 0.800. The molecule has 0 fully saturated rings. The van der Waals surface area contributed by atoms with Crippen molar-refractivity contribution in [2.45, 2.75) is 32.5 Å². The maximum absolute atomic E-state index is 12.0. The summed E-state index contributed by atoms with van der Waals surface area (Å²) in [6.07, 6.45) is 0.804. The minimum Gasteiger partial charge on any atom is -0.435 e. The molecule has 19 heavy (non-hydrogen) atoms. The Hall–Kier alpha value is -1.69. The molecule has 0 spiro atoms. The third-order valence-electron chi connectivity index (χ3n) is 2.44. The van der Waals surface area contributed by atoms with E-state index in [9.17, 15) is 18.7 Å². The van der Waals surface area contributed by atoms with Gasteiger partial charge in [-0.25, -0.2) is 0 Å². The van der Waals surface area contributed by atoms with Crippen LogP contribution in [0.1, 0.15) is 30.1 Å². The fraction of sp³-hybridized carbons (Fsp3) is 0.462. The third kappa shape index (κ3) is 5.65. The molecule has 0 saturated carbocycles. The van der Waals surface area contributed by atoms with E-state index in [1.54, 1.807) is 0 Å². The molecule has 0 aliphatic carbocycles. The molecule has 1 aromatic carbocycles. The molecule has 1 atom stereocenters. The van der Waals surface area contributed by atoms with Crippen LogP contribution in [0.25, 0.3) is 0 Å². The molecule has 1 unspecified atom stereocenters. The number of carbonyl (C=O) groups excluding carboxylic acids is 1. The summed E-state index contributed by atoms with van der Waals surface area (Å²) in [4.78, 5) is 11.7. The SMILES string of the molecule is CCCC(O)CNC(=O)c1cccc(OC(F)F)c1. The van der Waals surface area contributed by atoms with Crippen molar-refractivity contribution in [2.24, 2.45) is 0 Å². The summed E-state index contributed by atoms with van der Waals surface area (Å²) >= 11 is 0. The van der Waals surface area contributed by atoms with Gasteiger partial charge in [0.05, 0.1) is 6.10 Å². The molecule has 106 valence electrons. The second-order valence-corrected chi connectivity index (χ2v) is 4.06. The van der Waals surface area contributed by atoms with Crippen molar-refractivity contribution in [1.82, 2.24) is 5.32 Å². The lowest BCUT2D eigenvalue weighted by Gasteiger charge is -2.11. The summed E-state index contributed by atoms with van der Waals surface area (Å²) in [5.41, 5.74) is 0.210. The summed E-state index contributed by atoms with van der Waals surface area (Å²) in [5, 5.41) is 12.0. The second kappa shape index (κ2) is 7.68. The largest absolute Gasteiger partial charge is 0.435 e. The van der Waals surface area contributed by atoms with Gasteiger partial charge in [-0.2, -0.15) is 8.78 Å². The number of hydrogen-bond donors (Lipinski definition) is 2. The lowest BCUT2D eigenvalue weighted by molar-refractivity contribution is -0.0498. The highest BCUT2D eigenvalue weighted by Gasteiger charge is 2.10. The Balaban J connectivity index is 2.56. The van der Waals surface area contributed by atoms with Gasteiger partial charge in [-0.15, -0.1) is 0 Å². The normalized spacial score (nSPS) is 12.3. The molecule has 1 aromatic rings. The monoisotopic (exact) mass is 273 g/mol. The summed E-state index contributed by atoms with van der Waals surface area (Å²) in [6.45, 7) is -0.868. The van der Waals surface area contributed by atoms with Crippen molar-refractivity contribution < 1.29 is 23.4 Å². The topological polar surface area (TPSA) is 58.6 Å². The first-order valence-electron chi connectivity index (χ1n) is 6.04. The highest BCUT2D eigenvalue weighted by Crippen LogP contribution is 2.15. The van der Waals surface area contributed by atoms with Gasteiger partial charge < -0.3 is 15.2 Å². The lowest BCUT2D eigenvalue weighted by atomic mass is 10.2. The van der Waals surface area contributed by atoms with E-state index >= 15 is 0 Å². The van der Waals surface area contributed by atoms with Crippen molar-refractivity contribution in [3.8, 4) is 5.75 Å². The van der Waals surface area contributed by atoms with Gasteiger partial charge in [0.25, 0.3) is 5.91 Å². The fourth-order valence-corrected chi connectivity index (χ4v) is 1.56. The van der Waals surface area contributed by atoms with Gasteiger partial charge in [-0.3, -0.25) is 4.79 Å². The minimum absolute atomic E-state index is 0.0724. The van der Waals surface area contributed by atoms with Crippen LogP contribution in [0.4, 0.5) is 8.78 Å². The third-order valence-corrected chi connectivity index (χ3v) is 2.44. The van der Waals surface area contributed by atoms with Gasteiger partial charge in [0.15, 0.2) is 0 Å². The highest BCUT2D eigenvalue weighted by molar-refractivity contribution is 5.94. The van der Waals surface area contributed by atoms with E-state index in [-0.39, 0.29) is 17.9 Å². The predicted octanol–water partition coefficient (Wildman–Crippen LogP) is 2.18. The Morgan fingerprint density at radius 2 is 2.21 bits per heavy atom. The first kappa shape index (κ1) is 15.4. The zero-order valence-electron chi connectivity index (χ0n) is 10.6. The first-order chi connectivity index (χ1) is 9.02. The number of ether oxygens (including phenoxy) is 1. The molecular formula is C13H17F2NO3. The first-order valence-corrected chi connectivity index (χ1v) is 6.04. The Morgan fingerprint density at radius 1 is 1.47 bits per heavy atom.